The van der Waals surface area contributed by atoms with Gasteiger partial charge in [0.25, 0.3) is 0 Å². The van der Waals surface area contributed by atoms with Crippen LogP contribution in [0.2, 0.25) is 0 Å². The molecule has 1 unspecified atom stereocenters. The first-order valence-corrected chi connectivity index (χ1v) is 6.96. The van der Waals surface area contributed by atoms with E-state index in [9.17, 15) is 0 Å². The summed E-state index contributed by atoms with van der Waals surface area (Å²) >= 11 is 1.64. The van der Waals surface area contributed by atoms with E-state index in [1.807, 2.05) is 29.8 Å². The maximum absolute atomic E-state index is 5.87. The first-order valence-electron chi connectivity index (χ1n) is 6.08. The molecule has 2 N–H and O–H groups in total. The number of methoxy groups -OCH3 is 2. The summed E-state index contributed by atoms with van der Waals surface area (Å²) in [6, 6.07) is 5.81. The number of hydrogen-bond donors (Lipinski definition) is 1. The summed E-state index contributed by atoms with van der Waals surface area (Å²) in [5.41, 5.74) is 6.96. The molecule has 0 spiro atoms. The Morgan fingerprint density at radius 2 is 2.16 bits per heavy atom. The second-order valence-electron chi connectivity index (χ2n) is 4.18. The third kappa shape index (κ3) is 3.24. The number of hydrogen-bond acceptors (Lipinski definition) is 5. The monoisotopic (exact) mass is 278 g/mol. The summed E-state index contributed by atoms with van der Waals surface area (Å²) in [7, 11) is 3.33. The Morgan fingerprint density at radius 1 is 1.32 bits per heavy atom. The van der Waals surface area contributed by atoms with Crippen LogP contribution in [0.1, 0.15) is 16.5 Å². The fourth-order valence-electron chi connectivity index (χ4n) is 2.01. The Balaban J connectivity index is 2.25. The van der Waals surface area contributed by atoms with Gasteiger partial charge >= 0.3 is 0 Å². The van der Waals surface area contributed by atoms with Crippen molar-refractivity contribution in [1.82, 2.24) is 4.98 Å². The average molecular weight is 278 g/mol. The van der Waals surface area contributed by atoms with Crippen LogP contribution in [0, 0.1) is 0 Å². The van der Waals surface area contributed by atoms with Crippen molar-refractivity contribution >= 4 is 11.3 Å². The molecule has 19 heavy (non-hydrogen) atoms. The fourth-order valence-corrected chi connectivity index (χ4v) is 2.77. The number of nitrogens with two attached hydrogens (primary N) is 1. The van der Waals surface area contributed by atoms with E-state index < -0.39 is 0 Å². The van der Waals surface area contributed by atoms with Crippen LogP contribution in [0.3, 0.4) is 0 Å². The molecule has 0 aliphatic carbocycles. The van der Waals surface area contributed by atoms with E-state index in [1.54, 1.807) is 25.6 Å². The van der Waals surface area contributed by atoms with E-state index in [-0.39, 0.29) is 5.92 Å². The summed E-state index contributed by atoms with van der Waals surface area (Å²) in [5.74, 6) is 1.89. The van der Waals surface area contributed by atoms with Gasteiger partial charge in [0.1, 0.15) is 11.5 Å². The Kier molecular flexibility index (Phi) is 4.76. The number of benzene rings is 1. The molecule has 1 aromatic heterocycles. The molecular weight excluding hydrogens is 260 g/mol. The highest BCUT2D eigenvalue weighted by Gasteiger charge is 2.16. The molecule has 2 rings (SSSR count). The molecule has 0 bridgehead atoms. The molecule has 0 fully saturated rings. The minimum absolute atomic E-state index is 0.209. The van der Waals surface area contributed by atoms with Crippen molar-refractivity contribution in [2.75, 3.05) is 20.8 Å². The van der Waals surface area contributed by atoms with Crippen molar-refractivity contribution in [1.29, 1.82) is 0 Å². The van der Waals surface area contributed by atoms with Crippen molar-refractivity contribution < 1.29 is 9.47 Å². The molecule has 102 valence electrons. The first kappa shape index (κ1) is 13.8. The zero-order chi connectivity index (χ0) is 13.7. The fraction of sp³-hybridized carbons (Fsp3) is 0.357. The van der Waals surface area contributed by atoms with Gasteiger partial charge in [-0.3, -0.25) is 0 Å². The second kappa shape index (κ2) is 6.54. The number of rotatable bonds is 6. The Hall–Kier alpha value is -1.59. The van der Waals surface area contributed by atoms with Crippen LogP contribution in [-0.2, 0) is 6.42 Å². The Bertz CT molecular complexity index is 514. The smallest absolute Gasteiger partial charge is 0.122 e. The average Bonchev–Trinajstić information content (AvgIpc) is 2.98. The summed E-state index contributed by atoms with van der Waals surface area (Å²) in [6.07, 6.45) is 2.61. The molecule has 0 aliphatic heterocycles. The van der Waals surface area contributed by atoms with Crippen molar-refractivity contribution in [3.05, 3.63) is 40.3 Å². The van der Waals surface area contributed by atoms with E-state index in [4.69, 9.17) is 15.2 Å². The quantitative estimate of drug-likeness (QED) is 0.881. The van der Waals surface area contributed by atoms with E-state index in [0.29, 0.717) is 6.54 Å². The summed E-state index contributed by atoms with van der Waals surface area (Å²) in [6.45, 7) is 0.563. The van der Waals surface area contributed by atoms with Crippen LogP contribution in [0.5, 0.6) is 11.5 Å². The maximum atomic E-state index is 5.87. The second-order valence-corrected chi connectivity index (χ2v) is 5.11. The molecule has 0 radical (unpaired) electrons. The predicted octanol–water partition coefficient (Wildman–Crippen LogP) is 2.45. The normalized spacial score (nSPS) is 12.2. The Morgan fingerprint density at radius 3 is 2.74 bits per heavy atom. The van der Waals surface area contributed by atoms with E-state index in [1.165, 1.54) is 0 Å². The van der Waals surface area contributed by atoms with Gasteiger partial charge in [0, 0.05) is 24.0 Å². The van der Waals surface area contributed by atoms with Gasteiger partial charge in [-0.1, -0.05) is 0 Å². The zero-order valence-corrected chi connectivity index (χ0v) is 11.9. The lowest BCUT2D eigenvalue weighted by Crippen LogP contribution is -2.15. The molecule has 1 aromatic carbocycles. The molecule has 0 saturated heterocycles. The molecule has 4 nitrogen and oxygen atoms in total. The van der Waals surface area contributed by atoms with Gasteiger partial charge in [0.2, 0.25) is 0 Å². The van der Waals surface area contributed by atoms with E-state index >= 15 is 0 Å². The van der Waals surface area contributed by atoms with Crippen LogP contribution >= 0.6 is 11.3 Å². The highest BCUT2D eigenvalue weighted by atomic mass is 32.1. The lowest BCUT2D eigenvalue weighted by Gasteiger charge is -2.15. The molecule has 0 amide bonds. The SMILES string of the molecule is COc1ccc(OC)c(CC(CN)c2nccs2)c1. The number of aromatic nitrogens is 1. The van der Waals surface area contributed by atoms with Gasteiger partial charge in [0.05, 0.1) is 19.2 Å². The van der Waals surface area contributed by atoms with Crippen LogP contribution < -0.4 is 15.2 Å². The van der Waals surface area contributed by atoms with E-state index in [2.05, 4.69) is 4.98 Å². The van der Waals surface area contributed by atoms with Gasteiger partial charge in [-0.2, -0.15) is 0 Å². The van der Waals surface area contributed by atoms with Gasteiger partial charge in [-0.05, 0) is 30.2 Å². The summed E-state index contributed by atoms with van der Waals surface area (Å²) in [5, 5.41) is 3.04. The molecule has 5 heteroatoms. The van der Waals surface area contributed by atoms with Crippen molar-refractivity contribution in [2.24, 2.45) is 5.73 Å². The van der Waals surface area contributed by atoms with Crippen molar-refractivity contribution in [3.63, 3.8) is 0 Å². The molecule has 0 saturated carbocycles. The molecule has 0 aliphatic rings. The molecule has 2 aromatic rings. The number of thiazole rings is 1. The summed E-state index contributed by atoms with van der Waals surface area (Å²) in [4.78, 5) is 4.35. The van der Waals surface area contributed by atoms with Gasteiger partial charge in [-0.15, -0.1) is 11.3 Å². The highest BCUT2D eigenvalue weighted by molar-refractivity contribution is 7.09. The topological polar surface area (TPSA) is 57.4 Å². The lowest BCUT2D eigenvalue weighted by molar-refractivity contribution is 0.397. The van der Waals surface area contributed by atoms with Crippen LogP contribution in [0.15, 0.2) is 29.8 Å². The zero-order valence-electron chi connectivity index (χ0n) is 11.1. The van der Waals surface area contributed by atoms with Crippen LogP contribution in [0.4, 0.5) is 0 Å². The minimum Gasteiger partial charge on any atom is -0.497 e. The first-order chi connectivity index (χ1) is 9.28. The Labute approximate surface area is 117 Å². The van der Waals surface area contributed by atoms with Crippen molar-refractivity contribution in [2.45, 2.75) is 12.3 Å². The minimum atomic E-state index is 0.209. The summed E-state index contributed by atoms with van der Waals surface area (Å²) < 4.78 is 10.7. The van der Waals surface area contributed by atoms with Gasteiger partial charge in [0.15, 0.2) is 0 Å². The van der Waals surface area contributed by atoms with Crippen LogP contribution in [-0.4, -0.2) is 25.7 Å². The molecule has 1 heterocycles. The third-order valence-corrected chi connectivity index (χ3v) is 3.98. The third-order valence-electron chi connectivity index (χ3n) is 3.04. The van der Waals surface area contributed by atoms with E-state index in [0.717, 1.165) is 28.5 Å². The number of ether oxygens (including phenoxy) is 2. The standard InChI is InChI=1S/C14H18N2O2S/c1-17-12-3-4-13(18-2)10(8-12)7-11(9-15)14-16-5-6-19-14/h3-6,8,11H,7,9,15H2,1-2H3. The molecule has 1 atom stereocenters. The van der Waals surface area contributed by atoms with Gasteiger partial charge in [-0.25, -0.2) is 4.98 Å². The maximum Gasteiger partial charge on any atom is 0.122 e. The lowest BCUT2D eigenvalue weighted by atomic mass is 9.99. The predicted molar refractivity (Wildman–Crippen MR) is 77.2 cm³/mol. The van der Waals surface area contributed by atoms with Crippen LogP contribution in [0.25, 0.3) is 0 Å². The number of nitrogens with zero attached hydrogens (tertiary/aromatic N) is 1. The molecular formula is C14H18N2O2S. The van der Waals surface area contributed by atoms with Gasteiger partial charge < -0.3 is 15.2 Å². The highest BCUT2D eigenvalue weighted by Crippen LogP contribution is 2.29. The largest absolute Gasteiger partial charge is 0.497 e. The van der Waals surface area contributed by atoms with Crippen molar-refractivity contribution in [3.8, 4) is 11.5 Å².